The summed E-state index contributed by atoms with van der Waals surface area (Å²) in [5.74, 6) is -2.08. The minimum Gasteiger partial charge on any atom is -0.481 e. The van der Waals surface area contributed by atoms with E-state index in [0.29, 0.717) is 5.56 Å². The van der Waals surface area contributed by atoms with Crippen LogP contribution in [0.25, 0.3) is 0 Å². The summed E-state index contributed by atoms with van der Waals surface area (Å²) in [6.07, 6.45) is -4.44. The van der Waals surface area contributed by atoms with E-state index >= 15 is 0 Å². The molecule has 2 nitrogen and oxygen atoms in total. The Morgan fingerprint density at radius 2 is 1.94 bits per heavy atom. The highest BCUT2D eigenvalue weighted by molar-refractivity contribution is 5.76. The van der Waals surface area contributed by atoms with Gasteiger partial charge in [-0.25, -0.2) is 0 Å². The topological polar surface area (TPSA) is 37.3 Å². The van der Waals surface area contributed by atoms with Crippen LogP contribution < -0.4 is 0 Å². The molecule has 0 spiro atoms. The van der Waals surface area contributed by atoms with Gasteiger partial charge in [-0.3, -0.25) is 4.79 Å². The Hall–Kier alpha value is -1.52. The number of rotatable bonds is 2. The molecule has 0 heterocycles. The molecule has 1 atom stereocenters. The van der Waals surface area contributed by atoms with Gasteiger partial charge in [0, 0.05) is 0 Å². The van der Waals surface area contributed by atoms with Gasteiger partial charge in [-0.15, -0.1) is 0 Å². The molecule has 0 saturated heterocycles. The Morgan fingerprint density at radius 3 is 2.38 bits per heavy atom. The van der Waals surface area contributed by atoms with Crippen molar-refractivity contribution in [2.75, 3.05) is 0 Å². The van der Waals surface area contributed by atoms with Crippen LogP contribution in [-0.2, 0) is 11.0 Å². The van der Waals surface area contributed by atoms with Crippen molar-refractivity contribution >= 4 is 5.97 Å². The number of hydrogen-bond donors (Lipinski definition) is 1. The van der Waals surface area contributed by atoms with Gasteiger partial charge in [-0.05, 0) is 37.1 Å². The monoisotopic (exact) mass is 232 g/mol. The molecule has 0 aromatic heterocycles. The number of carbonyl (C=O) groups is 1. The third-order valence-electron chi connectivity index (χ3n) is 2.44. The van der Waals surface area contributed by atoms with Crippen LogP contribution in [0.5, 0.6) is 0 Å². The van der Waals surface area contributed by atoms with Crippen LogP contribution in [0.4, 0.5) is 13.2 Å². The Morgan fingerprint density at radius 1 is 1.38 bits per heavy atom. The number of carboxylic acids is 1. The van der Waals surface area contributed by atoms with Crippen LogP contribution in [0, 0.1) is 6.92 Å². The van der Waals surface area contributed by atoms with Crippen LogP contribution in [0.15, 0.2) is 18.2 Å². The number of halogens is 3. The Kier molecular flexibility index (Phi) is 3.26. The molecule has 0 aliphatic rings. The van der Waals surface area contributed by atoms with E-state index < -0.39 is 23.6 Å². The van der Waals surface area contributed by atoms with E-state index in [1.165, 1.54) is 13.0 Å². The van der Waals surface area contributed by atoms with Gasteiger partial charge in [0.25, 0.3) is 0 Å². The fourth-order valence-electron chi connectivity index (χ4n) is 1.42. The lowest BCUT2D eigenvalue weighted by atomic mass is 9.94. The summed E-state index contributed by atoms with van der Waals surface area (Å²) in [5.41, 5.74) is -0.0774. The molecule has 0 bridgehead atoms. The maximum absolute atomic E-state index is 12.4. The highest BCUT2D eigenvalue weighted by Gasteiger charge is 2.31. The molecule has 1 aromatic carbocycles. The van der Waals surface area contributed by atoms with Gasteiger partial charge >= 0.3 is 12.1 Å². The maximum atomic E-state index is 12.4. The zero-order valence-corrected chi connectivity index (χ0v) is 8.80. The smallest absolute Gasteiger partial charge is 0.416 e. The summed E-state index contributed by atoms with van der Waals surface area (Å²) in [7, 11) is 0. The van der Waals surface area contributed by atoms with Crippen molar-refractivity contribution in [1.29, 1.82) is 0 Å². The molecule has 0 fully saturated rings. The van der Waals surface area contributed by atoms with Crippen molar-refractivity contribution in [3.63, 3.8) is 0 Å². The van der Waals surface area contributed by atoms with Crippen molar-refractivity contribution < 1.29 is 23.1 Å². The molecule has 5 heteroatoms. The third-order valence-corrected chi connectivity index (χ3v) is 2.44. The minimum absolute atomic E-state index is 0.197. The second kappa shape index (κ2) is 4.15. The van der Waals surface area contributed by atoms with Crippen LogP contribution >= 0.6 is 0 Å². The Labute approximate surface area is 90.7 Å². The van der Waals surface area contributed by atoms with E-state index in [-0.39, 0.29) is 5.56 Å². The Balaban J connectivity index is 3.24. The molecular formula is C11H11F3O2. The first-order valence-electron chi connectivity index (χ1n) is 4.64. The number of alkyl halides is 3. The first kappa shape index (κ1) is 12.5. The summed E-state index contributed by atoms with van der Waals surface area (Å²) in [4.78, 5) is 10.7. The molecule has 0 aliphatic carbocycles. The van der Waals surface area contributed by atoms with Crippen molar-refractivity contribution in [2.24, 2.45) is 0 Å². The molecular weight excluding hydrogens is 221 g/mol. The average molecular weight is 232 g/mol. The zero-order valence-electron chi connectivity index (χ0n) is 8.80. The number of aliphatic carboxylic acids is 1. The van der Waals surface area contributed by atoms with Crippen LogP contribution in [0.1, 0.15) is 29.5 Å². The van der Waals surface area contributed by atoms with Crippen LogP contribution in [0.3, 0.4) is 0 Å². The number of hydrogen-bond acceptors (Lipinski definition) is 1. The first-order chi connectivity index (χ1) is 7.23. The van der Waals surface area contributed by atoms with Gasteiger partial charge in [-0.2, -0.15) is 13.2 Å². The van der Waals surface area contributed by atoms with Gasteiger partial charge in [0.2, 0.25) is 0 Å². The fraction of sp³-hybridized carbons (Fsp3) is 0.364. The van der Waals surface area contributed by atoms with Gasteiger partial charge in [-0.1, -0.05) is 6.07 Å². The average Bonchev–Trinajstić information content (AvgIpc) is 2.15. The van der Waals surface area contributed by atoms with Gasteiger partial charge < -0.3 is 5.11 Å². The van der Waals surface area contributed by atoms with Crippen LogP contribution in [0.2, 0.25) is 0 Å². The molecule has 1 aromatic rings. The largest absolute Gasteiger partial charge is 0.481 e. The van der Waals surface area contributed by atoms with E-state index in [2.05, 4.69) is 0 Å². The van der Waals surface area contributed by atoms with Gasteiger partial charge in [0.1, 0.15) is 0 Å². The van der Waals surface area contributed by atoms with E-state index in [1.807, 2.05) is 0 Å². The standard InChI is InChI=1S/C11H11F3O2/c1-6-3-4-8(11(12,13)14)5-9(6)7(2)10(15)16/h3-5,7H,1-2H3,(H,15,16). The highest BCUT2D eigenvalue weighted by atomic mass is 19.4. The second-order valence-corrected chi connectivity index (χ2v) is 3.63. The van der Waals surface area contributed by atoms with E-state index in [0.717, 1.165) is 12.1 Å². The van der Waals surface area contributed by atoms with Crippen molar-refractivity contribution in [3.8, 4) is 0 Å². The lowest BCUT2D eigenvalue weighted by molar-refractivity contribution is -0.139. The molecule has 0 saturated carbocycles. The number of aryl methyl sites for hydroxylation is 1. The zero-order chi connectivity index (χ0) is 12.5. The van der Waals surface area contributed by atoms with Crippen LogP contribution in [-0.4, -0.2) is 11.1 Å². The lowest BCUT2D eigenvalue weighted by Crippen LogP contribution is -2.12. The molecule has 1 rings (SSSR count). The quantitative estimate of drug-likeness (QED) is 0.850. The van der Waals surface area contributed by atoms with Gasteiger partial charge in [0.05, 0.1) is 11.5 Å². The number of carboxylic acid groups (broad SMARTS) is 1. The maximum Gasteiger partial charge on any atom is 0.416 e. The van der Waals surface area contributed by atoms with Gasteiger partial charge in [0.15, 0.2) is 0 Å². The van der Waals surface area contributed by atoms with E-state index in [1.54, 1.807) is 6.92 Å². The molecule has 0 aliphatic heterocycles. The lowest BCUT2D eigenvalue weighted by Gasteiger charge is -2.14. The molecule has 1 unspecified atom stereocenters. The fourth-order valence-corrected chi connectivity index (χ4v) is 1.42. The SMILES string of the molecule is Cc1ccc(C(F)(F)F)cc1C(C)C(=O)O. The van der Waals surface area contributed by atoms with E-state index in [9.17, 15) is 18.0 Å². The summed E-state index contributed by atoms with van der Waals surface area (Å²) < 4.78 is 37.3. The molecule has 16 heavy (non-hydrogen) atoms. The molecule has 0 amide bonds. The number of benzene rings is 1. The molecule has 0 radical (unpaired) electrons. The molecule has 1 N–H and O–H groups in total. The normalized spacial score (nSPS) is 13.6. The summed E-state index contributed by atoms with van der Waals surface area (Å²) >= 11 is 0. The van der Waals surface area contributed by atoms with E-state index in [4.69, 9.17) is 5.11 Å². The third kappa shape index (κ3) is 2.53. The summed E-state index contributed by atoms with van der Waals surface area (Å²) in [5, 5.41) is 8.77. The van der Waals surface area contributed by atoms with Crippen molar-refractivity contribution in [3.05, 3.63) is 34.9 Å². The first-order valence-corrected chi connectivity index (χ1v) is 4.64. The molecule has 88 valence electrons. The van der Waals surface area contributed by atoms with Crippen molar-refractivity contribution in [1.82, 2.24) is 0 Å². The predicted octanol–water partition coefficient (Wildman–Crippen LogP) is 3.20. The summed E-state index contributed by atoms with van der Waals surface area (Å²) in [6.45, 7) is 2.96. The summed E-state index contributed by atoms with van der Waals surface area (Å²) in [6, 6.07) is 3.14. The predicted molar refractivity (Wildman–Crippen MR) is 52.2 cm³/mol. The highest BCUT2D eigenvalue weighted by Crippen LogP contribution is 2.32. The Bertz CT molecular complexity index is 410. The second-order valence-electron chi connectivity index (χ2n) is 3.63. The minimum atomic E-state index is -4.44. The van der Waals surface area contributed by atoms with Crippen molar-refractivity contribution in [2.45, 2.75) is 25.9 Å².